The molecule has 1 heterocycles. The van der Waals surface area contributed by atoms with E-state index >= 15 is 0 Å². The number of piperidine rings is 1. The Balaban J connectivity index is 1.93. The van der Waals surface area contributed by atoms with Gasteiger partial charge in [-0.3, -0.25) is 9.59 Å². The Morgan fingerprint density at radius 3 is 2.43 bits per heavy atom. The molecule has 0 unspecified atom stereocenters. The molecule has 1 fully saturated rings. The van der Waals surface area contributed by atoms with Crippen molar-refractivity contribution in [3.63, 3.8) is 0 Å². The normalized spacial score (nSPS) is 16.6. The lowest BCUT2D eigenvalue weighted by molar-refractivity contribution is -0.114. The summed E-state index contributed by atoms with van der Waals surface area (Å²) in [6, 6.07) is 6.88. The summed E-state index contributed by atoms with van der Waals surface area (Å²) in [5.41, 5.74) is 1.27. The van der Waals surface area contributed by atoms with Crippen molar-refractivity contribution in [3.8, 4) is 0 Å². The van der Waals surface area contributed by atoms with Crippen molar-refractivity contribution in [2.45, 2.75) is 19.8 Å². The van der Waals surface area contributed by atoms with Crippen LogP contribution in [0.5, 0.6) is 0 Å². The smallest absolute Gasteiger partial charge is 0.251 e. The molecule has 2 amide bonds. The van der Waals surface area contributed by atoms with Crippen molar-refractivity contribution < 1.29 is 14.3 Å². The highest BCUT2D eigenvalue weighted by Crippen LogP contribution is 2.28. The standard InChI is InChI=1S/C17H25N3O3/c1-13(21)20-15-5-3-14(4-6-15)16(22)19-11-17(12-23-2)7-9-18-10-8-17/h3-6,18H,7-12H2,1-2H3,(H,19,22)(H,20,21). The Labute approximate surface area is 137 Å². The van der Waals surface area contributed by atoms with Gasteiger partial charge in [-0.15, -0.1) is 0 Å². The Bertz CT molecular complexity index is 531. The lowest BCUT2D eigenvalue weighted by atomic mass is 9.79. The van der Waals surface area contributed by atoms with Crippen LogP contribution in [0.3, 0.4) is 0 Å². The van der Waals surface area contributed by atoms with E-state index in [0.717, 1.165) is 25.9 Å². The number of amides is 2. The SMILES string of the molecule is COCC1(CNC(=O)c2ccc(NC(C)=O)cc2)CCNCC1. The van der Waals surface area contributed by atoms with Crippen molar-refractivity contribution >= 4 is 17.5 Å². The lowest BCUT2D eigenvalue weighted by Crippen LogP contribution is -2.47. The predicted molar refractivity (Wildman–Crippen MR) is 89.5 cm³/mol. The van der Waals surface area contributed by atoms with Crippen LogP contribution < -0.4 is 16.0 Å². The number of ether oxygens (including phenoxy) is 1. The maximum Gasteiger partial charge on any atom is 0.251 e. The Kier molecular flexibility index (Phi) is 6.12. The number of anilines is 1. The zero-order chi connectivity index (χ0) is 16.7. The average Bonchev–Trinajstić information content (AvgIpc) is 2.54. The van der Waals surface area contributed by atoms with E-state index in [1.54, 1.807) is 31.4 Å². The maximum atomic E-state index is 12.3. The third kappa shape index (κ3) is 5.04. The highest BCUT2D eigenvalue weighted by Gasteiger charge is 2.32. The molecule has 2 rings (SSSR count). The number of benzene rings is 1. The quantitative estimate of drug-likeness (QED) is 0.740. The second-order valence-corrected chi connectivity index (χ2v) is 6.12. The molecule has 0 atom stereocenters. The van der Waals surface area contributed by atoms with Crippen molar-refractivity contribution in [1.82, 2.24) is 10.6 Å². The third-order valence-electron chi connectivity index (χ3n) is 4.21. The van der Waals surface area contributed by atoms with Crippen molar-refractivity contribution in [1.29, 1.82) is 0 Å². The van der Waals surface area contributed by atoms with Gasteiger partial charge in [-0.1, -0.05) is 0 Å². The van der Waals surface area contributed by atoms with Crippen molar-refractivity contribution in [2.24, 2.45) is 5.41 Å². The van der Waals surface area contributed by atoms with E-state index in [2.05, 4.69) is 16.0 Å². The van der Waals surface area contributed by atoms with Gasteiger partial charge in [0, 0.05) is 37.2 Å². The molecule has 1 aliphatic rings. The molecule has 0 bridgehead atoms. The summed E-state index contributed by atoms with van der Waals surface area (Å²) < 4.78 is 5.36. The molecule has 1 aromatic carbocycles. The first-order valence-corrected chi connectivity index (χ1v) is 7.90. The monoisotopic (exact) mass is 319 g/mol. The number of hydrogen-bond donors (Lipinski definition) is 3. The molecular formula is C17H25N3O3. The molecule has 0 aliphatic carbocycles. The number of carbonyl (C=O) groups is 2. The fraction of sp³-hybridized carbons (Fsp3) is 0.529. The van der Waals surface area contributed by atoms with Gasteiger partial charge in [0.25, 0.3) is 5.91 Å². The second-order valence-electron chi connectivity index (χ2n) is 6.12. The Morgan fingerprint density at radius 2 is 1.87 bits per heavy atom. The molecule has 126 valence electrons. The zero-order valence-electron chi connectivity index (χ0n) is 13.8. The number of nitrogens with one attached hydrogen (secondary N) is 3. The van der Waals surface area contributed by atoms with E-state index in [9.17, 15) is 9.59 Å². The minimum atomic E-state index is -0.130. The van der Waals surface area contributed by atoms with Crippen LogP contribution in [-0.4, -0.2) is 45.2 Å². The summed E-state index contributed by atoms with van der Waals surface area (Å²) in [5.74, 6) is -0.233. The molecule has 23 heavy (non-hydrogen) atoms. The summed E-state index contributed by atoms with van der Waals surface area (Å²) in [6.45, 7) is 4.61. The van der Waals surface area contributed by atoms with Crippen molar-refractivity contribution in [3.05, 3.63) is 29.8 Å². The molecule has 0 radical (unpaired) electrons. The van der Waals surface area contributed by atoms with E-state index in [-0.39, 0.29) is 17.2 Å². The van der Waals surface area contributed by atoms with Gasteiger partial charge in [0.1, 0.15) is 0 Å². The predicted octanol–water partition coefficient (Wildman–Crippen LogP) is 1.39. The van der Waals surface area contributed by atoms with Gasteiger partial charge in [0.15, 0.2) is 0 Å². The highest BCUT2D eigenvalue weighted by atomic mass is 16.5. The number of carbonyl (C=O) groups excluding carboxylic acids is 2. The van der Waals surface area contributed by atoms with Crippen LogP contribution in [0, 0.1) is 5.41 Å². The van der Waals surface area contributed by atoms with Gasteiger partial charge >= 0.3 is 0 Å². The summed E-state index contributed by atoms with van der Waals surface area (Å²) >= 11 is 0. The molecule has 0 aromatic heterocycles. The topological polar surface area (TPSA) is 79.5 Å². The van der Waals surface area contributed by atoms with Crippen LogP contribution in [0.1, 0.15) is 30.1 Å². The minimum Gasteiger partial charge on any atom is -0.384 e. The molecule has 6 nitrogen and oxygen atoms in total. The lowest BCUT2D eigenvalue weighted by Gasteiger charge is -2.37. The zero-order valence-corrected chi connectivity index (χ0v) is 13.8. The summed E-state index contributed by atoms with van der Waals surface area (Å²) in [6.07, 6.45) is 1.98. The van der Waals surface area contributed by atoms with E-state index in [1.165, 1.54) is 6.92 Å². The largest absolute Gasteiger partial charge is 0.384 e. The Morgan fingerprint density at radius 1 is 1.22 bits per heavy atom. The number of rotatable bonds is 6. The fourth-order valence-electron chi connectivity index (χ4n) is 2.91. The first-order valence-electron chi connectivity index (χ1n) is 7.90. The molecule has 0 saturated carbocycles. The van der Waals surface area contributed by atoms with Crippen LogP contribution in [0.2, 0.25) is 0 Å². The molecule has 0 spiro atoms. The molecule has 1 aliphatic heterocycles. The maximum absolute atomic E-state index is 12.3. The van der Waals surface area contributed by atoms with Gasteiger partial charge < -0.3 is 20.7 Å². The fourth-order valence-corrected chi connectivity index (χ4v) is 2.91. The van der Waals surface area contributed by atoms with E-state index in [1.807, 2.05) is 0 Å². The van der Waals surface area contributed by atoms with Gasteiger partial charge in [-0.05, 0) is 50.2 Å². The summed E-state index contributed by atoms with van der Waals surface area (Å²) in [4.78, 5) is 23.3. The number of hydrogen-bond acceptors (Lipinski definition) is 4. The van der Waals surface area contributed by atoms with E-state index in [0.29, 0.717) is 24.4 Å². The average molecular weight is 319 g/mol. The van der Waals surface area contributed by atoms with Crippen molar-refractivity contribution in [2.75, 3.05) is 38.7 Å². The molecular weight excluding hydrogens is 294 g/mol. The molecule has 6 heteroatoms. The summed E-state index contributed by atoms with van der Waals surface area (Å²) in [5, 5.41) is 9.04. The van der Waals surface area contributed by atoms with Crippen LogP contribution in [-0.2, 0) is 9.53 Å². The Hall–Kier alpha value is -1.92. The molecule has 3 N–H and O–H groups in total. The first kappa shape index (κ1) is 17.4. The second kappa shape index (κ2) is 8.08. The van der Waals surface area contributed by atoms with Crippen LogP contribution in [0.4, 0.5) is 5.69 Å². The van der Waals surface area contributed by atoms with Crippen LogP contribution in [0.25, 0.3) is 0 Å². The van der Waals surface area contributed by atoms with E-state index < -0.39 is 0 Å². The van der Waals surface area contributed by atoms with Crippen LogP contribution >= 0.6 is 0 Å². The van der Waals surface area contributed by atoms with Gasteiger partial charge in [-0.2, -0.15) is 0 Å². The van der Waals surface area contributed by atoms with Gasteiger partial charge in [0.2, 0.25) is 5.91 Å². The van der Waals surface area contributed by atoms with E-state index in [4.69, 9.17) is 4.74 Å². The van der Waals surface area contributed by atoms with Gasteiger partial charge in [-0.25, -0.2) is 0 Å². The number of methoxy groups -OCH3 is 1. The molecule has 1 aromatic rings. The minimum absolute atomic E-state index is 0.00574. The third-order valence-corrected chi connectivity index (χ3v) is 4.21. The highest BCUT2D eigenvalue weighted by molar-refractivity contribution is 5.95. The molecule has 1 saturated heterocycles. The van der Waals surface area contributed by atoms with Gasteiger partial charge in [0.05, 0.1) is 6.61 Å². The van der Waals surface area contributed by atoms with Crippen LogP contribution in [0.15, 0.2) is 24.3 Å². The first-order chi connectivity index (χ1) is 11.0. The summed E-state index contributed by atoms with van der Waals surface area (Å²) in [7, 11) is 1.70.